The minimum absolute atomic E-state index is 1.02. The normalized spacial score (nSPS) is 10.7. The van der Waals surface area contributed by atoms with Crippen LogP contribution in [0.5, 0.6) is 0 Å². The van der Waals surface area contributed by atoms with Gasteiger partial charge in [0.15, 0.2) is 0 Å². The van der Waals surface area contributed by atoms with Gasteiger partial charge in [-0.25, -0.2) is 0 Å². The summed E-state index contributed by atoms with van der Waals surface area (Å²) in [5.41, 5.74) is 3.12. The number of H-pyrrole nitrogens is 1. The lowest BCUT2D eigenvalue weighted by atomic mass is 10.3. The number of aromatic amines is 1. The summed E-state index contributed by atoms with van der Waals surface area (Å²) >= 11 is 3.42. The van der Waals surface area contributed by atoms with E-state index in [0.717, 1.165) is 21.2 Å². The monoisotopic (exact) mass is 210 g/mol. The Kier molecular flexibility index (Phi) is 1.46. The maximum absolute atomic E-state index is 4.36. The Bertz CT molecular complexity index is 356. The second-order valence-corrected chi connectivity index (χ2v) is 3.32. The van der Waals surface area contributed by atoms with E-state index < -0.39 is 0 Å². The molecule has 2 heterocycles. The Morgan fingerprint density at radius 2 is 2.36 bits per heavy atom. The molecule has 0 bridgehead atoms. The van der Waals surface area contributed by atoms with Gasteiger partial charge in [0.2, 0.25) is 0 Å². The summed E-state index contributed by atoms with van der Waals surface area (Å²) in [6.45, 7) is 1.98. The summed E-state index contributed by atoms with van der Waals surface area (Å²) in [4.78, 5) is 7.45. The molecule has 2 nitrogen and oxygen atoms in total. The van der Waals surface area contributed by atoms with Crippen molar-refractivity contribution in [3.05, 3.63) is 28.5 Å². The number of fused-ring (bicyclic) bond motifs is 1. The van der Waals surface area contributed by atoms with Crippen molar-refractivity contribution >= 4 is 27.0 Å². The highest BCUT2D eigenvalue weighted by Gasteiger charge is 1.99. The van der Waals surface area contributed by atoms with Crippen molar-refractivity contribution in [3.8, 4) is 0 Å². The maximum atomic E-state index is 4.36. The minimum Gasteiger partial charge on any atom is -0.360 e. The van der Waals surface area contributed by atoms with Crippen molar-refractivity contribution in [2.24, 2.45) is 0 Å². The number of rotatable bonds is 0. The summed E-state index contributed by atoms with van der Waals surface area (Å²) in [6.07, 6.45) is 1.89. The first-order valence-corrected chi connectivity index (χ1v) is 4.17. The van der Waals surface area contributed by atoms with Crippen LogP contribution in [0.3, 0.4) is 0 Å². The first kappa shape index (κ1) is 6.85. The fourth-order valence-corrected chi connectivity index (χ4v) is 1.37. The van der Waals surface area contributed by atoms with Crippen molar-refractivity contribution in [1.82, 2.24) is 9.97 Å². The Morgan fingerprint density at radius 3 is 3.18 bits per heavy atom. The Hall–Kier alpha value is -0.830. The van der Waals surface area contributed by atoms with Crippen LogP contribution in [0.2, 0.25) is 0 Å². The molecule has 0 aliphatic carbocycles. The van der Waals surface area contributed by atoms with Gasteiger partial charge in [0.25, 0.3) is 0 Å². The predicted octanol–water partition coefficient (Wildman–Crippen LogP) is 2.63. The van der Waals surface area contributed by atoms with Gasteiger partial charge in [-0.3, -0.25) is 4.98 Å². The van der Waals surface area contributed by atoms with Gasteiger partial charge in [-0.1, -0.05) is 0 Å². The van der Waals surface area contributed by atoms with Gasteiger partial charge in [0, 0.05) is 10.7 Å². The van der Waals surface area contributed by atoms with Crippen LogP contribution in [0, 0.1) is 6.92 Å². The lowest BCUT2D eigenvalue weighted by Crippen LogP contribution is -1.82. The van der Waals surface area contributed by atoms with Gasteiger partial charge in [-0.05, 0) is 35.0 Å². The number of nitrogens with one attached hydrogen (secondary N) is 1. The van der Waals surface area contributed by atoms with E-state index in [1.807, 2.05) is 25.3 Å². The summed E-state index contributed by atoms with van der Waals surface area (Å²) < 4.78 is 1.05. The van der Waals surface area contributed by atoms with E-state index in [0.29, 0.717) is 0 Å². The molecule has 0 aromatic carbocycles. The van der Waals surface area contributed by atoms with Crippen LogP contribution in [0.25, 0.3) is 11.0 Å². The average molecular weight is 211 g/mol. The number of halogens is 1. The molecule has 0 fully saturated rings. The number of aryl methyl sites for hydroxylation is 1. The predicted molar refractivity (Wildman–Crippen MR) is 48.5 cm³/mol. The van der Waals surface area contributed by atoms with Crippen molar-refractivity contribution in [2.45, 2.75) is 6.92 Å². The number of hydrogen-bond acceptors (Lipinski definition) is 1. The van der Waals surface area contributed by atoms with Crippen LogP contribution in [-0.4, -0.2) is 9.97 Å². The van der Waals surface area contributed by atoms with E-state index in [9.17, 15) is 0 Å². The summed E-state index contributed by atoms with van der Waals surface area (Å²) in [5, 5.41) is 0. The van der Waals surface area contributed by atoms with Gasteiger partial charge < -0.3 is 4.98 Å². The van der Waals surface area contributed by atoms with Crippen LogP contribution >= 0.6 is 15.9 Å². The standard InChI is InChI=1S/C8H7BrN2/c1-5-6(9)4-8-7(11-5)2-3-10-8/h2-4,10H,1H3. The topological polar surface area (TPSA) is 28.7 Å². The molecule has 2 rings (SSSR count). The highest BCUT2D eigenvalue weighted by molar-refractivity contribution is 9.10. The van der Waals surface area contributed by atoms with Gasteiger partial charge in [-0.2, -0.15) is 0 Å². The van der Waals surface area contributed by atoms with Crippen molar-refractivity contribution in [3.63, 3.8) is 0 Å². The van der Waals surface area contributed by atoms with Gasteiger partial charge in [0.05, 0.1) is 16.7 Å². The molecular formula is C8H7BrN2. The zero-order chi connectivity index (χ0) is 7.84. The highest BCUT2D eigenvalue weighted by Crippen LogP contribution is 2.19. The fourth-order valence-electron chi connectivity index (χ4n) is 1.05. The summed E-state index contributed by atoms with van der Waals surface area (Å²) in [6, 6.07) is 4.01. The fraction of sp³-hybridized carbons (Fsp3) is 0.125. The first-order chi connectivity index (χ1) is 5.27. The Morgan fingerprint density at radius 1 is 1.55 bits per heavy atom. The molecule has 3 heteroatoms. The van der Waals surface area contributed by atoms with Crippen molar-refractivity contribution in [2.75, 3.05) is 0 Å². The Balaban J connectivity index is 2.86. The molecule has 56 valence electrons. The molecule has 0 unspecified atom stereocenters. The van der Waals surface area contributed by atoms with Crippen LogP contribution in [-0.2, 0) is 0 Å². The van der Waals surface area contributed by atoms with Crippen LogP contribution in [0.4, 0.5) is 0 Å². The first-order valence-electron chi connectivity index (χ1n) is 3.37. The summed E-state index contributed by atoms with van der Waals surface area (Å²) in [7, 11) is 0. The molecule has 0 spiro atoms. The Labute approximate surface area is 72.8 Å². The van der Waals surface area contributed by atoms with E-state index in [4.69, 9.17) is 0 Å². The quantitative estimate of drug-likeness (QED) is 0.712. The third-order valence-corrected chi connectivity index (χ3v) is 2.46. The van der Waals surface area contributed by atoms with E-state index in [-0.39, 0.29) is 0 Å². The largest absolute Gasteiger partial charge is 0.360 e. The van der Waals surface area contributed by atoms with Crippen LogP contribution in [0.1, 0.15) is 5.69 Å². The molecule has 0 aliphatic heterocycles. The molecule has 0 amide bonds. The highest BCUT2D eigenvalue weighted by atomic mass is 79.9. The number of aromatic nitrogens is 2. The number of pyridine rings is 1. The lowest BCUT2D eigenvalue weighted by Gasteiger charge is -1.95. The number of hydrogen-bond donors (Lipinski definition) is 1. The maximum Gasteiger partial charge on any atom is 0.0882 e. The third kappa shape index (κ3) is 1.05. The van der Waals surface area contributed by atoms with Gasteiger partial charge >= 0.3 is 0 Å². The van der Waals surface area contributed by atoms with Crippen molar-refractivity contribution in [1.29, 1.82) is 0 Å². The van der Waals surface area contributed by atoms with Crippen LogP contribution < -0.4 is 0 Å². The summed E-state index contributed by atoms with van der Waals surface area (Å²) in [5.74, 6) is 0. The second-order valence-electron chi connectivity index (χ2n) is 2.47. The van der Waals surface area contributed by atoms with E-state index in [1.54, 1.807) is 0 Å². The molecule has 0 aliphatic rings. The zero-order valence-corrected chi connectivity index (χ0v) is 7.64. The van der Waals surface area contributed by atoms with Gasteiger partial charge in [-0.15, -0.1) is 0 Å². The molecule has 0 saturated heterocycles. The molecule has 0 radical (unpaired) electrons. The third-order valence-electron chi connectivity index (χ3n) is 1.66. The molecule has 2 aromatic rings. The van der Waals surface area contributed by atoms with Gasteiger partial charge in [0.1, 0.15) is 0 Å². The smallest absolute Gasteiger partial charge is 0.0882 e. The second kappa shape index (κ2) is 2.34. The zero-order valence-electron chi connectivity index (χ0n) is 6.06. The van der Waals surface area contributed by atoms with E-state index in [1.165, 1.54) is 0 Å². The lowest BCUT2D eigenvalue weighted by molar-refractivity contribution is 1.23. The van der Waals surface area contributed by atoms with E-state index >= 15 is 0 Å². The van der Waals surface area contributed by atoms with Crippen molar-refractivity contribution < 1.29 is 0 Å². The number of nitrogens with zero attached hydrogens (tertiary/aromatic N) is 1. The molecule has 1 N–H and O–H groups in total. The molecule has 0 atom stereocenters. The molecule has 2 aromatic heterocycles. The van der Waals surface area contributed by atoms with E-state index in [2.05, 4.69) is 25.9 Å². The molecule has 0 saturated carbocycles. The minimum atomic E-state index is 1.02. The van der Waals surface area contributed by atoms with Crippen LogP contribution in [0.15, 0.2) is 22.8 Å². The molecule has 11 heavy (non-hydrogen) atoms. The molecular weight excluding hydrogens is 204 g/mol. The SMILES string of the molecule is Cc1nc2cc[nH]c2cc1Br. The average Bonchev–Trinajstić information content (AvgIpc) is 2.36.